The fourth-order valence-corrected chi connectivity index (χ4v) is 11.1. The molecular weight excluding hydrogens is 1140 g/mol. The van der Waals surface area contributed by atoms with Crippen LogP contribution in [0.25, 0.3) is 105 Å². The van der Waals surface area contributed by atoms with Crippen LogP contribution in [-0.2, 0) is 25.5 Å². The monoisotopic (exact) mass is 1220 g/mol. The number of aryl methyl sites for hydroxylation is 2. The fourth-order valence-electron chi connectivity index (χ4n) is 11.1. The molecule has 0 atom stereocenters. The van der Waals surface area contributed by atoms with Crippen molar-refractivity contribution in [3.05, 3.63) is 221 Å². The Bertz CT molecular complexity index is 4430. The Hall–Kier alpha value is -7.43. The number of hydrogen-bond donors (Lipinski definition) is 0. The minimum absolute atomic E-state index is 0. The summed E-state index contributed by atoms with van der Waals surface area (Å²) in [6.45, 7) is 19.0. The molecule has 3 aromatic heterocycles. The predicted octanol–water partition coefficient (Wildman–Crippen LogP) is 21.0. The van der Waals surface area contributed by atoms with Gasteiger partial charge in [0.2, 0.25) is 0 Å². The molecule has 0 aliphatic heterocycles. The first-order chi connectivity index (χ1) is 39.9. The van der Waals surface area contributed by atoms with Crippen molar-refractivity contribution in [1.29, 1.82) is 0 Å². The average Bonchev–Trinajstić information content (AvgIpc) is 2.43. The molecular formula is C74H71IrN3O-2. The van der Waals surface area contributed by atoms with Gasteiger partial charge >= 0.3 is 0 Å². The van der Waals surface area contributed by atoms with Gasteiger partial charge in [0.15, 0.2) is 0 Å². The topological polar surface area (TPSA) is 43.9 Å². The molecule has 399 valence electrons. The number of pyridine rings is 1. The molecule has 79 heavy (non-hydrogen) atoms. The molecule has 9 aromatic carbocycles. The number of benzene rings is 9. The van der Waals surface area contributed by atoms with E-state index >= 15 is 0 Å². The molecule has 12 aromatic rings. The van der Waals surface area contributed by atoms with Crippen LogP contribution in [0.15, 0.2) is 174 Å². The molecule has 0 aliphatic carbocycles. The second kappa shape index (κ2) is 22.0. The zero-order valence-electron chi connectivity index (χ0n) is 53.1. The van der Waals surface area contributed by atoms with Gasteiger partial charge in [-0.2, -0.15) is 0 Å². The first-order valence-corrected chi connectivity index (χ1v) is 27.5. The molecule has 0 saturated heterocycles. The van der Waals surface area contributed by atoms with Crippen molar-refractivity contribution in [2.45, 2.75) is 119 Å². The standard InChI is InChI=1S/C59H55N2O.C15H16N.Ir/c1-33(2)40-23-26-46(49(28-40)34(3)4)44-25-24-41(27-38(44)10)43-30-50(35(5)6)57(51(31-43)36(7)8)61-56-37(9)15-13-20-54(56)60-59(61)48-19-14-18-47-53-29-42-22-21-39-16-11-12-17-45(39)52(42)32-55(53)62-58(47)48;1-15(2,3)13-9-10-16-14(11-13)12-7-5-4-6-8-12;/h11-18,20-36H,1-10H3;4-7,9-11H,1-3H3;/q2*-1;/i9D3,10D3;;. The summed E-state index contributed by atoms with van der Waals surface area (Å²) in [5, 5.41) is 6.37. The molecule has 3 heterocycles. The Morgan fingerprint density at radius 2 is 1.29 bits per heavy atom. The Morgan fingerprint density at radius 3 is 2.00 bits per heavy atom. The van der Waals surface area contributed by atoms with Gasteiger partial charge in [-0.25, -0.2) is 0 Å². The van der Waals surface area contributed by atoms with E-state index < -0.39 is 13.7 Å². The Kier molecular flexibility index (Phi) is 13.3. The van der Waals surface area contributed by atoms with Crippen molar-refractivity contribution in [3.63, 3.8) is 0 Å². The second-order valence-electron chi connectivity index (χ2n) is 23.2. The van der Waals surface area contributed by atoms with Crippen molar-refractivity contribution in [1.82, 2.24) is 14.5 Å². The van der Waals surface area contributed by atoms with Crippen molar-refractivity contribution >= 4 is 54.5 Å². The Labute approximate surface area is 489 Å². The number of hydrogen-bond acceptors (Lipinski definition) is 3. The SMILES string of the molecule is CC(C)(C)c1ccnc(-c2[c-]cccc2)c1.[2H]C([2H])([2H])c1cc(-c2cc(C(C)C)c(-n3c(-c4[c-]ccc5c4oc4cc6c(ccc7ccccc76)cc45)nc4cccc(C([2H])([2H])[2H])c43)c(C(C)C)c2)ccc1-c1ccc(C(C)C)cc1C(C)C.[Ir]. The third-order valence-corrected chi connectivity index (χ3v) is 15.5. The quantitative estimate of drug-likeness (QED) is 0.107. The molecule has 0 spiro atoms. The maximum atomic E-state index is 8.84. The van der Waals surface area contributed by atoms with Crippen molar-refractivity contribution in [2.75, 3.05) is 0 Å². The van der Waals surface area contributed by atoms with Crippen LogP contribution < -0.4 is 0 Å². The summed E-state index contributed by atoms with van der Waals surface area (Å²) >= 11 is 0. The van der Waals surface area contributed by atoms with Gasteiger partial charge in [-0.3, -0.25) is 4.98 Å². The molecule has 0 bridgehead atoms. The van der Waals surface area contributed by atoms with Crippen LogP contribution in [0.5, 0.6) is 0 Å². The van der Waals surface area contributed by atoms with Gasteiger partial charge in [0.05, 0.1) is 22.4 Å². The van der Waals surface area contributed by atoms with Gasteiger partial charge in [0.25, 0.3) is 0 Å². The van der Waals surface area contributed by atoms with E-state index in [4.69, 9.17) is 17.6 Å². The van der Waals surface area contributed by atoms with E-state index in [2.05, 4.69) is 178 Å². The summed E-state index contributed by atoms with van der Waals surface area (Å²) in [5.74, 6) is 0.960. The summed E-state index contributed by atoms with van der Waals surface area (Å²) in [6.07, 6.45) is 1.87. The van der Waals surface area contributed by atoms with Crippen LogP contribution in [0.4, 0.5) is 0 Å². The molecule has 0 N–H and O–H groups in total. The molecule has 0 saturated carbocycles. The first-order valence-electron chi connectivity index (χ1n) is 30.5. The molecule has 0 unspecified atom stereocenters. The minimum atomic E-state index is -2.46. The maximum Gasteiger partial charge on any atom is 0.121 e. The van der Waals surface area contributed by atoms with E-state index in [9.17, 15) is 0 Å². The zero-order chi connectivity index (χ0) is 59.7. The molecule has 0 fully saturated rings. The number of para-hydroxylation sites is 1. The van der Waals surface area contributed by atoms with E-state index in [1.807, 2.05) is 77.5 Å². The van der Waals surface area contributed by atoms with Gasteiger partial charge in [-0.05, 0) is 168 Å². The van der Waals surface area contributed by atoms with Crippen LogP contribution in [0.1, 0.15) is 147 Å². The van der Waals surface area contributed by atoms with E-state index in [1.54, 1.807) is 12.1 Å². The van der Waals surface area contributed by atoms with E-state index in [1.165, 1.54) is 11.1 Å². The van der Waals surface area contributed by atoms with Crippen LogP contribution in [0, 0.1) is 25.8 Å². The van der Waals surface area contributed by atoms with Crippen molar-refractivity contribution in [2.24, 2.45) is 0 Å². The molecule has 4 nitrogen and oxygen atoms in total. The number of nitrogens with zero attached hydrogens (tertiary/aromatic N) is 3. The van der Waals surface area contributed by atoms with Crippen molar-refractivity contribution < 1.29 is 32.7 Å². The van der Waals surface area contributed by atoms with E-state index in [0.29, 0.717) is 45.0 Å². The van der Waals surface area contributed by atoms with Gasteiger partial charge in [0, 0.05) is 45.6 Å². The van der Waals surface area contributed by atoms with Gasteiger partial charge in [-0.1, -0.05) is 178 Å². The first kappa shape index (κ1) is 47.6. The normalized spacial score (nSPS) is 13.4. The Balaban J connectivity index is 0.000000408. The fraction of sp³-hybridized carbons (Fsp3) is 0.243. The van der Waals surface area contributed by atoms with E-state index in [0.717, 1.165) is 88.2 Å². The summed E-state index contributed by atoms with van der Waals surface area (Å²) in [7, 11) is 0. The maximum absolute atomic E-state index is 8.84. The number of furan rings is 1. The summed E-state index contributed by atoms with van der Waals surface area (Å²) in [6, 6.07) is 61.7. The third-order valence-electron chi connectivity index (χ3n) is 15.5. The third kappa shape index (κ3) is 10.4. The molecule has 1 radical (unpaired) electrons. The second-order valence-corrected chi connectivity index (χ2v) is 23.2. The summed E-state index contributed by atoms with van der Waals surface area (Å²) in [4.78, 5) is 9.69. The van der Waals surface area contributed by atoms with E-state index in [-0.39, 0.29) is 48.8 Å². The largest absolute Gasteiger partial charge is 0.501 e. The number of imidazole rings is 1. The number of rotatable bonds is 9. The molecule has 5 heteroatoms. The van der Waals surface area contributed by atoms with Crippen LogP contribution >= 0.6 is 0 Å². The Morgan fingerprint density at radius 1 is 0.557 bits per heavy atom. The molecule has 0 amide bonds. The van der Waals surface area contributed by atoms with Crippen molar-refractivity contribution in [3.8, 4) is 50.6 Å². The van der Waals surface area contributed by atoms with Crippen LogP contribution in [-0.4, -0.2) is 14.5 Å². The van der Waals surface area contributed by atoms with Gasteiger partial charge in [-0.15, -0.1) is 54.1 Å². The van der Waals surface area contributed by atoms with Gasteiger partial charge < -0.3 is 14.0 Å². The minimum Gasteiger partial charge on any atom is -0.501 e. The number of aromatic nitrogens is 3. The number of fused-ring (bicyclic) bond motifs is 7. The smallest absolute Gasteiger partial charge is 0.121 e. The molecule has 0 aliphatic rings. The summed E-state index contributed by atoms with van der Waals surface area (Å²) in [5.41, 5.74) is 15.4. The molecule has 12 rings (SSSR count). The van der Waals surface area contributed by atoms with Crippen LogP contribution in [0.2, 0.25) is 0 Å². The predicted molar refractivity (Wildman–Crippen MR) is 332 cm³/mol. The van der Waals surface area contributed by atoms with Crippen LogP contribution in [0.3, 0.4) is 0 Å². The van der Waals surface area contributed by atoms with Gasteiger partial charge in [0.1, 0.15) is 5.58 Å². The zero-order valence-corrected chi connectivity index (χ0v) is 49.5. The summed E-state index contributed by atoms with van der Waals surface area (Å²) < 4.78 is 61.9. The average molecular weight is 1220 g/mol.